The Morgan fingerprint density at radius 3 is 2.65 bits per heavy atom. The van der Waals surface area contributed by atoms with Gasteiger partial charge in [-0.15, -0.1) is 0 Å². The molecule has 0 aliphatic rings. The van der Waals surface area contributed by atoms with Crippen molar-refractivity contribution in [2.45, 2.75) is 19.1 Å². The lowest BCUT2D eigenvalue weighted by molar-refractivity contribution is 0.0875. The van der Waals surface area contributed by atoms with E-state index in [0.29, 0.717) is 13.2 Å². The van der Waals surface area contributed by atoms with Gasteiger partial charge in [-0.1, -0.05) is 12.1 Å². The first-order valence-electron chi connectivity index (χ1n) is 6.16. The van der Waals surface area contributed by atoms with Gasteiger partial charge in [0, 0.05) is 10.7 Å². The maximum atomic E-state index is 11.0. The van der Waals surface area contributed by atoms with Crippen LogP contribution >= 0.6 is 38.5 Å². The van der Waals surface area contributed by atoms with Gasteiger partial charge in [0.1, 0.15) is 5.60 Å². The summed E-state index contributed by atoms with van der Waals surface area (Å²) in [5.74, 6) is 0. The topological polar surface area (TPSA) is 47.3 Å². The second kappa shape index (κ2) is 6.55. The van der Waals surface area contributed by atoms with Crippen LogP contribution in [-0.2, 0) is 16.9 Å². The zero-order valence-corrected chi connectivity index (χ0v) is 15.1. The minimum Gasteiger partial charge on any atom is -0.383 e. The second-order valence-electron chi connectivity index (χ2n) is 4.64. The first-order valence-corrected chi connectivity index (χ1v) is 8.03. The normalized spacial score (nSPS) is 14.2. The van der Waals surface area contributed by atoms with E-state index in [4.69, 9.17) is 4.74 Å². The van der Waals surface area contributed by atoms with E-state index < -0.39 is 5.60 Å². The van der Waals surface area contributed by atoms with Gasteiger partial charge in [-0.3, -0.25) is 4.68 Å². The van der Waals surface area contributed by atoms with E-state index in [1.807, 2.05) is 24.3 Å². The Morgan fingerprint density at radius 2 is 2.05 bits per heavy atom. The van der Waals surface area contributed by atoms with Crippen LogP contribution in [0.2, 0.25) is 0 Å². The van der Waals surface area contributed by atoms with Crippen molar-refractivity contribution in [3.05, 3.63) is 49.8 Å². The molecule has 1 unspecified atom stereocenters. The number of rotatable bonds is 5. The van der Waals surface area contributed by atoms with E-state index in [2.05, 4.69) is 43.6 Å². The smallest absolute Gasteiger partial charge is 0.129 e. The summed E-state index contributed by atoms with van der Waals surface area (Å²) in [6.07, 6.45) is 1.70. The average molecular weight is 451 g/mol. The number of halogens is 2. The van der Waals surface area contributed by atoms with Crippen LogP contribution in [0.25, 0.3) is 0 Å². The molecule has 1 aromatic heterocycles. The van der Waals surface area contributed by atoms with Crippen LogP contribution in [0.3, 0.4) is 0 Å². The highest BCUT2D eigenvalue weighted by Gasteiger charge is 2.32. The lowest BCUT2D eigenvalue weighted by atomic mass is 9.92. The number of benzene rings is 1. The monoisotopic (exact) mass is 450 g/mol. The van der Waals surface area contributed by atoms with Crippen LogP contribution in [0.4, 0.5) is 0 Å². The van der Waals surface area contributed by atoms with E-state index in [-0.39, 0.29) is 0 Å². The molecule has 0 bridgehead atoms. The molecule has 0 aliphatic heterocycles. The first kappa shape index (κ1) is 15.9. The molecular formula is C14H16BrIN2O2. The van der Waals surface area contributed by atoms with Crippen LogP contribution in [0.15, 0.2) is 34.9 Å². The third kappa shape index (κ3) is 3.24. The standard InChI is InChI=1S/C14H16BrIN2O2/c1-14(19,10-3-5-11(16)6-4-10)13-12(15)9-17-18(13)7-8-20-2/h3-6,9,19H,7-8H2,1-2H3. The van der Waals surface area contributed by atoms with Crippen molar-refractivity contribution in [3.8, 4) is 0 Å². The lowest BCUT2D eigenvalue weighted by Gasteiger charge is -2.26. The predicted molar refractivity (Wildman–Crippen MR) is 89.6 cm³/mol. The molecule has 108 valence electrons. The second-order valence-corrected chi connectivity index (χ2v) is 6.74. The highest BCUT2D eigenvalue weighted by Crippen LogP contribution is 2.34. The molecular weight excluding hydrogens is 435 g/mol. The molecule has 2 aromatic rings. The van der Waals surface area contributed by atoms with Gasteiger partial charge < -0.3 is 9.84 Å². The fourth-order valence-electron chi connectivity index (χ4n) is 2.10. The number of hydrogen-bond acceptors (Lipinski definition) is 3. The first-order chi connectivity index (χ1) is 9.46. The molecule has 1 aromatic carbocycles. The lowest BCUT2D eigenvalue weighted by Crippen LogP contribution is -2.28. The van der Waals surface area contributed by atoms with Crippen LogP contribution in [-0.4, -0.2) is 28.6 Å². The minimum absolute atomic E-state index is 0.546. The van der Waals surface area contributed by atoms with Gasteiger partial charge in [-0.2, -0.15) is 5.10 Å². The molecule has 0 aliphatic carbocycles. The molecule has 4 nitrogen and oxygen atoms in total. The maximum Gasteiger partial charge on any atom is 0.129 e. The summed E-state index contributed by atoms with van der Waals surface area (Å²) in [7, 11) is 1.65. The number of nitrogens with zero attached hydrogens (tertiary/aromatic N) is 2. The Labute approximate surface area is 140 Å². The van der Waals surface area contributed by atoms with Crippen molar-refractivity contribution >= 4 is 38.5 Å². The summed E-state index contributed by atoms with van der Waals surface area (Å²) in [6, 6.07) is 7.83. The van der Waals surface area contributed by atoms with Crippen molar-refractivity contribution in [3.63, 3.8) is 0 Å². The van der Waals surface area contributed by atoms with Gasteiger partial charge in [0.05, 0.1) is 29.5 Å². The van der Waals surface area contributed by atoms with E-state index in [9.17, 15) is 5.11 Å². The maximum absolute atomic E-state index is 11.0. The van der Waals surface area contributed by atoms with E-state index in [0.717, 1.165) is 19.3 Å². The molecule has 0 saturated heterocycles. The summed E-state index contributed by atoms with van der Waals surface area (Å²) < 4.78 is 8.78. The summed E-state index contributed by atoms with van der Waals surface area (Å²) in [5, 5.41) is 15.3. The number of ether oxygens (including phenoxy) is 1. The molecule has 0 amide bonds. The van der Waals surface area contributed by atoms with Crippen LogP contribution in [0.5, 0.6) is 0 Å². The summed E-state index contributed by atoms with van der Waals surface area (Å²) >= 11 is 5.72. The van der Waals surface area contributed by atoms with Crippen molar-refractivity contribution in [2.75, 3.05) is 13.7 Å². The molecule has 0 spiro atoms. The van der Waals surface area contributed by atoms with Crippen molar-refractivity contribution < 1.29 is 9.84 Å². The van der Waals surface area contributed by atoms with Gasteiger partial charge in [0.2, 0.25) is 0 Å². The van der Waals surface area contributed by atoms with Crippen LogP contribution in [0.1, 0.15) is 18.2 Å². The third-order valence-corrected chi connectivity index (χ3v) is 4.47. The SMILES string of the molecule is COCCn1ncc(Br)c1C(C)(O)c1ccc(I)cc1. The van der Waals surface area contributed by atoms with E-state index in [1.165, 1.54) is 0 Å². The Morgan fingerprint density at radius 1 is 1.40 bits per heavy atom. The van der Waals surface area contributed by atoms with E-state index >= 15 is 0 Å². The van der Waals surface area contributed by atoms with Crippen LogP contribution < -0.4 is 0 Å². The van der Waals surface area contributed by atoms with Gasteiger partial charge in [-0.05, 0) is 63.1 Å². The van der Waals surface area contributed by atoms with Gasteiger partial charge in [0.25, 0.3) is 0 Å². The van der Waals surface area contributed by atoms with Gasteiger partial charge in [0.15, 0.2) is 0 Å². The molecule has 2 rings (SSSR count). The fourth-order valence-corrected chi connectivity index (χ4v) is 3.15. The fraction of sp³-hybridized carbons (Fsp3) is 0.357. The Balaban J connectivity index is 2.42. The molecule has 6 heteroatoms. The summed E-state index contributed by atoms with van der Waals surface area (Å²) in [5.41, 5.74) is 0.446. The Hall–Kier alpha value is -0.440. The minimum atomic E-state index is -1.12. The quantitative estimate of drug-likeness (QED) is 0.712. The zero-order valence-electron chi connectivity index (χ0n) is 11.3. The Bertz CT molecular complexity index is 581. The molecule has 1 heterocycles. The van der Waals surface area contributed by atoms with Gasteiger partial charge >= 0.3 is 0 Å². The zero-order chi connectivity index (χ0) is 14.8. The molecule has 20 heavy (non-hydrogen) atoms. The van der Waals surface area contributed by atoms with E-state index in [1.54, 1.807) is 24.9 Å². The van der Waals surface area contributed by atoms with Crippen LogP contribution in [0, 0.1) is 3.57 Å². The molecule has 0 radical (unpaired) electrons. The summed E-state index contributed by atoms with van der Waals surface area (Å²) in [4.78, 5) is 0. The number of aliphatic hydroxyl groups is 1. The molecule has 1 N–H and O–H groups in total. The molecule has 0 fully saturated rings. The number of aromatic nitrogens is 2. The van der Waals surface area contributed by atoms with Gasteiger partial charge in [-0.25, -0.2) is 0 Å². The Kier molecular flexibility index (Phi) is 5.22. The van der Waals surface area contributed by atoms with Crippen molar-refractivity contribution in [1.82, 2.24) is 9.78 Å². The van der Waals surface area contributed by atoms with Crippen molar-refractivity contribution in [1.29, 1.82) is 0 Å². The molecule has 1 atom stereocenters. The highest BCUT2D eigenvalue weighted by atomic mass is 127. The number of methoxy groups -OCH3 is 1. The third-order valence-electron chi connectivity index (χ3n) is 3.17. The largest absolute Gasteiger partial charge is 0.383 e. The average Bonchev–Trinajstić information content (AvgIpc) is 2.78. The number of hydrogen-bond donors (Lipinski definition) is 1. The molecule has 0 saturated carbocycles. The van der Waals surface area contributed by atoms with Crippen molar-refractivity contribution in [2.24, 2.45) is 0 Å². The summed E-state index contributed by atoms with van der Waals surface area (Å²) in [6.45, 7) is 2.92. The predicted octanol–water partition coefficient (Wildman–Crippen LogP) is 3.15. The highest BCUT2D eigenvalue weighted by molar-refractivity contribution is 14.1.